The lowest BCUT2D eigenvalue weighted by atomic mass is 9.85. The van der Waals surface area contributed by atoms with Crippen molar-refractivity contribution in [1.29, 1.82) is 0 Å². The van der Waals surface area contributed by atoms with Crippen molar-refractivity contribution in [1.82, 2.24) is 9.88 Å². The number of halogens is 3. The van der Waals surface area contributed by atoms with E-state index in [0.717, 1.165) is 51.1 Å². The Balaban J connectivity index is 1.64. The molecule has 1 aromatic heterocycles. The van der Waals surface area contributed by atoms with Crippen LogP contribution >= 0.6 is 0 Å². The Morgan fingerprint density at radius 2 is 1.89 bits per heavy atom. The summed E-state index contributed by atoms with van der Waals surface area (Å²) in [6.45, 7) is 3.16. The molecule has 1 aromatic carbocycles. The van der Waals surface area contributed by atoms with Gasteiger partial charge >= 0.3 is 0 Å². The van der Waals surface area contributed by atoms with Gasteiger partial charge in [-0.1, -0.05) is 37.1 Å². The second-order valence-corrected chi connectivity index (χ2v) is 9.86. The van der Waals surface area contributed by atoms with Crippen LogP contribution in [-0.4, -0.2) is 48.7 Å². The second-order valence-electron chi connectivity index (χ2n) is 9.86. The predicted octanol–water partition coefficient (Wildman–Crippen LogP) is 6.83. The fourth-order valence-electron chi connectivity index (χ4n) is 5.47. The van der Waals surface area contributed by atoms with Gasteiger partial charge in [-0.25, -0.2) is 8.78 Å². The van der Waals surface area contributed by atoms with E-state index in [-0.39, 0.29) is 25.3 Å². The Bertz CT molecular complexity index is 1050. The van der Waals surface area contributed by atoms with E-state index < -0.39 is 5.92 Å². The highest BCUT2D eigenvalue weighted by Gasteiger charge is 2.43. The lowest BCUT2D eigenvalue weighted by molar-refractivity contribution is -0.0357. The summed E-state index contributed by atoms with van der Waals surface area (Å²) in [4.78, 5) is 6.61. The highest BCUT2D eigenvalue weighted by molar-refractivity contribution is 5.79. The first-order valence-corrected chi connectivity index (χ1v) is 12.6. The molecule has 0 radical (unpaired) electrons. The van der Waals surface area contributed by atoms with E-state index in [2.05, 4.69) is 22.4 Å². The number of fused-ring (bicyclic) bond motifs is 2. The molecule has 1 N–H and O–H groups in total. The molecule has 2 heterocycles. The minimum atomic E-state index is -2.82. The maximum atomic E-state index is 14.3. The Labute approximate surface area is 206 Å². The molecular weight excluding hydrogens is 451 g/mol. The largest absolute Gasteiger partial charge is 0.481 e. The number of methoxy groups -OCH3 is 1. The minimum Gasteiger partial charge on any atom is -0.481 e. The number of pyridine rings is 1. The summed E-state index contributed by atoms with van der Waals surface area (Å²) < 4.78 is 46.6. The fourth-order valence-corrected chi connectivity index (χ4v) is 5.47. The number of nitrogens with zero attached hydrogens (tertiary/aromatic N) is 2. The van der Waals surface area contributed by atoms with Gasteiger partial charge in [-0.05, 0) is 67.0 Å². The van der Waals surface area contributed by atoms with Crippen molar-refractivity contribution in [2.45, 2.75) is 70.4 Å². The molecule has 0 fully saturated rings. The van der Waals surface area contributed by atoms with Crippen molar-refractivity contribution < 1.29 is 17.9 Å². The highest BCUT2D eigenvalue weighted by Crippen LogP contribution is 2.50. The van der Waals surface area contributed by atoms with Crippen LogP contribution in [0.1, 0.15) is 68.7 Å². The van der Waals surface area contributed by atoms with Crippen molar-refractivity contribution in [2.75, 3.05) is 32.2 Å². The summed E-state index contributed by atoms with van der Waals surface area (Å²) in [7, 11) is 1.58. The van der Waals surface area contributed by atoms with Crippen LogP contribution in [0.3, 0.4) is 0 Å². The third kappa shape index (κ3) is 5.83. The summed E-state index contributed by atoms with van der Waals surface area (Å²) in [6, 6.07) is 11.8. The van der Waals surface area contributed by atoms with Gasteiger partial charge in [-0.15, -0.1) is 0 Å². The number of aromatic nitrogens is 1. The summed E-state index contributed by atoms with van der Waals surface area (Å²) in [6.07, 6.45) is 4.87. The Morgan fingerprint density at radius 3 is 2.63 bits per heavy atom. The molecule has 35 heavy (non-hydrogen) atoms. The monoisotopic (exact) mass is 487 g/mol. The highest BCUT2D eigenvalue weighted by atomic mass is 19.3. The SMILES string of the molecule is COc1nc(NCCCCCCF)ccc1[C@@H]1C2=C(C[C@@H](C)N1CC(C)(F)F)c1ccccc1C2. The van der Waals surface area contributed by atoms with Gasteiger partial charge in [0.05, 0.1) is 26.4 Å². The molecule has 0 spiro atoms. The van der Waals surface area contributed by atoms with Gasteiger partial charge < -0.3 is 10.1 Å². The Morgan fingerprint density at radius 1 is 1.11 bits per heavy atom. The maximum Gasteiger partial charge on any atom is 0.257 e. The molecule has 0 amide bonds. The number of ether oxygens (including phenoxy) is 1. The van der Waals surface area contributed by atoms with E-state index >= 15 is 0 Å². The summed E-state index contributed by atoms with van der Waals surface area (Å²) >= 11 is 0. The Hall–Kier alpha value is -2.54. The third-order valence-corrected chi connectivity index (χ3v) is 7.04. The van der Waals surface area contributed by atoms with E-state index in [4.69, 9.17) is 4.74 Å². The van der Waals surface area contributed by atoms with Crippen LogP contribution in [0.5, 0.6) is 5.88 Å². The lowest BCUT2D eigenvalue weighted by Gasteiger charge is -2.43. The molecule has 4 rings (SSSR count). The first kappa shape index (κ1) is 25.5. The zero-order valence-electron chi connectivity index (χ0n) is 20.9. The Kier molecular flexibility index (Phi) is 8.05. The van der Waals surface area contributed by atoms with E-state index in [1.807, 2.05) is 36.1 Å². The maximum absolute atomic E-state index is 14.3. The first-order valence-electron chi connectivity index (χ1n) is 12.6. The van der Waals surface area contributed by atoms with Gasteiger partial charge in [0.2, 0.25) is 5.88 Å². The number of unbranched alkanes of at least 4 members (excludes halogenated alkanes) is 3. The van der Waals surface area contributed by atoms with Gasteiger partial charge in [0.1, 0.15) is 5.82 Å². The number of rotatable bonds is 11. The molecule has 2 aromatic rings. The topological polar surface area (TPSA) is 37.4 Å². The van der Waals surface area contributed by atoms with Gasteiger partial charge in [-0.3, -0.25) is 9.29 Å². The third-order valence-electron chi connectivity index (χ3n) is 7.04. The van der Waals surface area contributed by atoms with Gasteiger partial charge in [-0.2, -0.15) is 4.98 Å². The number of benzene rings is 1. The standard InChI is InChI=1S/C28H36F3N3O/c1-19-16-23-21-11-7-6-10-20(21)17-24(23)26(34(19)18-28(2,30)31)22-12-13-25(33-27(22)35-3)32-15-9-5-4-8-14-29/h6-7,10-13,19,26H,4-5,8-9,14-18H2,1-3H3,(H,32,33)/t19-,26-/m1/s1. The van der Waals surface area contributed by atoms with E-state index in [9.17, 15) is 13.2 Å². The zero-order valence-corrected chi connectivity index (χ0v) is 20.9. The predicted molar refractivity (Wildman–Crippen MR) is 135 cm³/mol. The second kappa shape index (κ2) is 11.0. The van der Waals surface area contributed by atoms with Crippen LogP contribution in [-0.2, 0) is 6.42 Å². The molecule has 0 saturated heterocycles. The zero-order chi connectivity index (χ0) is 25.0. The van der Waals surface area contributed by atoms with Gasteiger partial charge in [0, 0.05) is 25.1 Å². The number of hydrogen-bond donors (Lipinski definition) is 1. The van der Waals surface area contributed by atoms with E-state index in [1.54, 1.807) is 7.11 Å². The molecule has 4 nitrogen and oxygen atoms in total. The molecule has 0 saturated carbocycles. The van der Waals surface area contributed by atoms with Crippen LogP contribution in [0, 0.1) is 0 Å². The van der Waals surface area contributed by atoms with Crippen molar-refractivity contribution in [3.63, 3.8) is 0 Å². The van der Waals surface area contributed by atoms with Crippen LogP contribution in [0.25, 0.3) is 5.57 Å². The molecule has 0 unspecified atom stereocenters. The molecule has 2 atom stereocenters. The van der Waals surface area contributed by atoms with Crippen molar-refractivity contribution in [2.24, 2.45) is 0 Å². The normalized spacial score (nSPS) is 20.1. The molecule has 0 bridgehead atoms. The molecule has 2 aliphatic rings. The lowest BCUT2D eigenvalue weighted by Crippen LogP contribution is -2.46. The number of anilines is 1. The van der Waals surface area contributed by atoms with E-state index in [0.29, 0.717) is 18.1 Å². The molecular formula is C28H36F3N3O. The molecule has 1 aliphatic heterocycles. The smallest absolute Gasteiger partial charge is 0.257 e. The first-order chi connectivity index (χ1) is 16.8. The number of hydrogen-bond acceptors (Lipinski definition) is 4. The quantitative estimate of drug-likeness (QED) is 0.353. The van der Waals surface area contributed by atoms with Crippen LogP contribution in [0.15, 0.2) is 42.0 Å². The number of nitrogens with one attached hydrogen (secondary N) is 1. The molecule has 1 aliphatic carbocycles. The minimum absolute atomic E-state index is 0.0532. The van der Waals surface area contributed by atoms with Crippen molar-refractivity contribution in [3.8, 4) is 5.88 Å². The number of alkyl halides is 3. The summed E-state index contributed by atoms with van der Waals surface area (Å²) in [5.74, 6) is -1.67. The van der Waals surface area contributed by atoms with Gasteiger partial charge in [0.15, 0.2) is 0 Å². The van der Waals surface area contributed by atoms with Crippen molar-refractivity contribution in [3.05, 3.63) is 58.7 Å². The fraction of sp³-hybridized carbons (Fsp3) is 0.536. The van der Waals surface area contributed by atoms with Crippen LogP contribution < -0.4 is 10.1 Å². The molecule has 190 valence electrons. The van der Waals surface area contributed by atoms with Crippen LogP contribution in [0.4, 0.5) is 19.0 Å². The van der Waals surface area contributed by atoms with Gasteiger partial charge in [0.25, 0.3) is 5.92 Å². The average Bonchev–Trinajstić information content (AvgIpc) is 3.19. The summed E-state index contributed by atoms with van der Waals surface area (Å²) in [5, 5.41) is 3.31. The summed E-state index contributed by atoms with van der Waals surface area (Å²) in [5.41, 5.74) is 5.74. The van der Waals surface area contributed by atoms with Crippen molar-refractivity contribution >= 4 is 11.4 Å². The molecule has 7 heteroatoms. The van der Waals surface area contributed by atoms with E-state index in [1.165, 1.54) is 22.3 Å². The average molecular weight is 488 g/mol. The van der Waals surface area contributed by atoms with Crippen LogP contribution in [0.2, 0.25) is 0 Å².